The first-order valence-corrected chi connectivity index (χ1v) is 12.5. The quantitative estimate of drug-likeness (QED) is 0.448. The monoisotopic (exact) mass is 470 g/mol. The highest BCUT2D eigenvalue weighted by molar-refractivity contribution is 8.13. The molecule has 5 rings (SSSR count). The molecule has 0 N–H and O–H groups in total. The highest BCUT2D eigenvalue weighted by Gasteiger charge is 2.55. The summed E-state index contributed by atoms with van der Waals surface area (Å²) in [5, 5.41) is 7.86. The van der Waals surface area contributed by atoms with Crippen molar-refractivity contribution in [2.75, 3.05) is 22.8 Å². The lowest BCUT2D eigenvalue weighted by Crippen LogP contribution is -2.55. The van der Waals surface area contributed by atoms with Crippen molar-refractivity contribution in [3.63, 3.8) is 0 Å². The molecular formula is C27H26N4O2S. The Kier molecular flexibility index (Phi) is 5.87. The van der Waals surface area contributed by atoms with Crippen molar-refractivity contribution >= 4 is 45.7 Å². The van der Waals surface area contributed by atoms with Crippen LogP contribution in [0.5, 0.6) is 0 Å². The Morgan fingerprint density at radius 2 is 1.74 bits per heavy atom. The van der Waals surface area contributed by atoms with Crippen molar-refractivity contribution in [3.05, 3.63) is 90.0 Å². The molecule has 2 heterocycles. The number of rotatable bonds is 4. The fraction of sp³-hybridized carbons (Fsp3) is 0.222. The molecule has 0 unspecified atom stereocenters. The van der Waals surface area contributed by atoms with Gasteiger partial charge in [-0.25, -0.2) is 14.8 Å². The number of para-hydroxylation sites is 2. The number of fused-ring (bicyclic) bond motifs is 3. The molecule has 0 saturated carbocycles. The summed E-state index contributed by atoms with van der Waals surface area (Å²) in [6.07, 6.45) is 2.57. The van der Waals surface area contributed by atoms with Crippen LogP contribution in [0.2, 0.25) is 0 Å². The summed E-state index contributed by atoms with van der Waals surface area (Å²) in [7, 11) is 0. The van der Waals surface area contributed by atoms with Crippen molar-refractivity contribution in [1.29, 1.82) is 0 Å². The number of carbonyl (C=O) groups excluding carboxylic acids is 1. The Morgan fingerprint density at radius 3 is 2.44 bits per heavy atom. The third kappa shape index (κ3) is 3.56. The second-order valence-corrected chi connectivity index (χ2v) is 9.06. The molecule has 7 heteroatoms. The van der Waals surface area contributed by atoms with Crippen LogP contribution in [0, 0.1) is 6.92 Å². The maximum Gasteiger partial charge on any atom is 0.376 e. The number of hydrogen-bond donors (Lipinski definition) is 0. The van der Waals surface area contributed by atoms with Gasteiger partial charge in [-0.1, -0.05) is 60.2 Å². The Labute approximate surface area is 203 Å². The molecule has 0 aromatic heterocycles. The maximum absolute atomic E-state index is 13.3. The molecule has 0 radical (unpaired) electrons. The van der Waals surface area contributed by atoms with Gasteiger partial charge in [0.25, 0.3) is 0 Å². The van der Waals surface area contributed by atoms with E-state index in [0.717, 1.165) is 33.2 Å². The van der Waals surface area contributed by atoms with E-state index >= 15 is 0 Å². The second-order valence-electron chi connectivity index (χ2n) is 8.18. The first kappa shape index (κ1) is 22.2. The highest BCUT2D eigenvalue weighted by atomic mass is 32.2. The lowest BCUT2D eigenvalue weighted by molar-refractivity contribution is -0.135. The summed E-state index contributed by atoms with van der Waals surface area (Å²) >= 11 is 1.61. The van der Waals surface area contributed by atoms with Gasteiger partial charge in [-0.15, -0.1) is 16.9 Å². The summed E-state index contributed by atoms with van der Waals surface area (Å²) in [6, 6.07) is 26.3. The van der Waals surface area contributed by atoms with Crippen LogP contribution >= 0.6 is 11.8 Å². The van der Waals surface area contributed by atoms with Crippen LogP contribution < -0.4 is 9.91 Å². The Balaban J connectivity index is 1.84. The van der Waals surface area contributed by atoms with E-state index < -0.39 is 11.6 Å². The number of hydrazone groups is 1. The van der Waals surface area contributed by atoms with E-state index in [1.165, 1.54) is 0 Å². The molecule has 3 aromatic rings. The number of amidine groups is 1. The van der Waals surface area contributed by atoms with Crippen molar-refractivity contribution in [2.45, 2.75) is 25.9 Å². The minimum atomic E-state index is -0.840. The van der Waals surface area contributed by atoms with Crippen LogP contribution in [0.15, 0.2) is 89.0 Å². The minimum Gasteiger partial charge on any atom is -0.460 e. The zero-order valence-corrected chi connectivity index (χ0v) is 20.2. The number of esters is 1. The topological polar surface area (TPSA) is 57.5 Å². The van der Waals surface area contributed by atoms with Gasteiger partial charge in [-0.3, -0.25) is 4.90 Å². The maximum atomic E-state index is 13.3. The third-order valence-electron chi connectivity index (χ3n) is 6.10. The fourth-order valence-corrected chi connectivity index (χ4v) is 5.09. The van der Waals surface area contributed by atoms with Gasteiger partial charge in [0, 0.05) is 12.0 Å². The molecular weight excluding hydrogens is 444 g/mol. The highest BCUT2D eigenvalue weighted by Crippen LogP contribution is 2.51. The van der Waals surface area contributed by atoms with E-state index in [1.54, 1.807) is 18.7 Å². The van der Waals surface area contributed by atoms with Crippen LogP contribution in [-0.4, -0.2) is 29.7 Å². The number of carbonyl (C=O) groups is 1. The van der Waals surface area contributed by atoms with Gasteiger partial charge in [0.2, 0.25) is 5.84 Å². The number of benzene rings is 3. The van der Waals surface area contributed by atoms with Gasteiger partial charge in [-0.2, -0.15) is 0 Å². The van der Waals surface area contributed by atoms with Crippen LogP contribution in [-0.2, 0) is 15.2 Å². The van der Waals surface area contributed by atoms with E-state index in [4.69, 9.17) is 14.8 Å². The molecule has 3 aromatic carbocycles. The third-order valence-corrected chi connectivity index (χ3v) is 6.81. The van der Waals surface area contributed by atoms with Crippen molar-refractivity contribution < 1.29 is 9.53 Å². The van der Waals surface area contributed by atoms with Crippen LogP contribution in [0.4, 0.5) is 17.1 Å². The first-order valence-electron chi connectivity index (χ1n) is 11.3. The summed E-state index contributed by atoms with van der Waals surface area (Å²) in [6.45, 7) is 4.13. The predicted octanol–water partition coefficient (Wildman–Crippen LogP) is 5.85. The van der Waals surface area contributed by atoms with Crippen LogP contribution in [0.3, 0.4) is 0 Å². The van der Waals surface area contributed by atoms with Gasteiger partial charge >= 0.3 is 5.97 Å². The predicted molar refractivity (Wildman–Crippen MR) is 140 cm³/mol. The van der Waals surface area contributed by atoms with Gasteiger partial charge < -0.3 is 4.74 Å². The number of aliphatic imine (C=N–C) groups is 1. The minimum absolute atomic E-state index is 0.247. The molecule has 0 spiro atoms. The van der Waals surface area contributed by atoms with Crippen LogP contribution in [0.1, 0.15) is 24.5 Å². The van der Waals surface area contributed by atoms with Crippen molar-refractivity contribution in [2.24, 2.45) is 10.1 Å². The molecule has 0 fully saturated rings. The Bertz CT molecular complexity index is 1270. The van der Waals surface area contributed by atoms with Gasteiger partial charge in [0.1, 0.15) is 0 Å². The smallest absolute Gasteiger partial charge is 0.376 e. The average molecular weight is 471 g/mol. The second kappa shape index (κ2) is 8.99. The van der Waals surface area contributed by atoms with Gasteiger partial charge in [0.05, 0.1) is 28.7 Å². The largest absolute Gasteiger partial charge is 0.460 e. The molecule has 0 saturated heterocycles. The summed E-state index contributed by atoms with van der Waals surface area (Å²) in [4.78, 5) is 20.3. The zero-order chi connectivity index (χ0) is 23.7. The number of thioether (sulfide) groups is 1. The molecule has 0 bridgehead atoms. The van der Waals surface area contributed by atoms with E-state index in [9.17, 15) is 4.79 Å². The summed E-state index contributed by atoms with van der Waals surface area (Å²) < 4.78 is 5.49. The normalized spacial score (nSPS) is 19.0. The molecule has 6 nitrogen and oxygen atoms in total. The van der Waals surface area contributed by atoms with E-state index in [-0.39, 0.29) is 12.4 Å². The van der Waals surface area contributed by atoms with Gasteiger partial charge in [-0.05, 0) is 44.4 Å². The number of anilines is 2. The summed E-state index contributed by atoms with van der Waals surface area (Å²) in [5.41, 5.74) is 3.83. The summed E-state index contributed by atoms with van der Waals surface area (Å²) in [5.74, 6) is -0.212. The lowest BCUT2D eigenvalue weighted by atomic mass is 9.92. The molecule has 2 aliphatic rings. The standard InChI is InChI=1S/C27H26N4O2S/c1-4-33-26(32)25-29-31(21-16-14-19(2)15-17-21)27(20-10-6-5-7-11-20)18-24(34-3)28-22-12-8-9-13-23(22)30(25)27/h5-17H,4,18H2,1-3H3/t27-/m1/s1. The van der Waals surface area contributed by atoms with E-state index in [2.05, 4.69) is 31.2 Å². The van der Waals surface area contributed by atoms with E-state index in [0.29, 0.717) is 6.42 Å². The zero-order valence-electron chi connectivity index (χ0n) is 19.4. The fourth-order valence-electron chi connectivity index (χ4n) is 4.55. The lowest BCUT2D eigenvalue weighted by Gasteiger charge is -2.44. The number of nitrogens with zero attached hydrogens (tertiary/aromatic N) is 4. The SMILES string of the molecule is CCOC(=O)C1=NN(c2ccc(C)cc2)[C@@]2(c3ccccc3)CC(SC)=Nc3ccccc3N12. The molecule has 0 amide bonds. The number of aryl methyl sites for hydroxylation is 1. The molecule has 172 valence electrons. The molecule has 0 aliphatic carbocycles. The van der Waals surface area contributed by atoms with Crippen molar-refractivity contribution in [1.82, 2.24) is 0 Å². The Hall–Kier alpha value is -3.58. The molecule has 1 atom stereocenters. The Morgan fingerprint density at radius 1 is 1.03 bits per heavy atom. The number of hydrogen-bond acceptors (Lipinski definition) is 7. The molecule has 2 aliphatic heterocycles. The molecule has 34 heavy (non-hydrogen) atoms. The van der Waals surface area contributed by atoms with Crippen molar-refractivity contribution in [3.8, 4) is 0 Å². The van der Waals surface area contributed by atoms with Gasteiger partial charge in [0.15, 0.2) is 5.66 Å². The van der Waals surface area contributed by atoms with Crippen LogP contribution in [0.25, 0.3) is 0 Å². The first-order chi connectivity index (χ1) is 16.6. The van der Waals surface area contributed by atoms with E-state index in [1.807, 2.05) is 70.8 Å². The number of ether oxygens (including phenoxy) is 1. The average Bonchev–Trinajstić information content (AvgIpc) is 3.12.